The van der Waals surface area contributed by atoms with Gasteiger partial charge in [-0.1, -0.05) is 13.8 Å². The van der Waals surface area contributed by atoms with E-state index in [1.807, 2.05) is 17.7 Å². The zero-order valence-corrected chi connectivity index (χ0v) is 15.6. The SMILES string of the molecule is Cc1nn(CC(C)C)c2sc(C(=O)NCc3nnc4n3CCC4)cc12. The standard InChI is InChI=1S/C17H22N6OS/c1-10(2)9-23-17-12(11(3)21-23)7-13(25-17)16(24)18-8-15-20-19-14-5-4-6-22(14)15/h7,10H,4-6,8-9H2,1-3H3,(H,18,24). The third-order valence-corrected chi connectivity index (χ3v) is 5.61. The minimum Gasteiger partial charge on any atom is -0.344 e. The van der Waals surface area contributed by atoms with Gasteiger partial charge >= 0.3 is 0 Å². The van der Waals surface area contributed by atoms with Crippen molar-refractivity contribution in [3.05, 3.63) is 28.3 Å². The normalized spacial score (nSPS) is 13.8. The zero-order chi connectivity index (χ0) is 17.6. The van der Waals surface area contributed by atoms with Gasteiger partial charge in [0.05, 0.1) is 17.1 Å². The summed E-state index contributed by atoms with van der Waals surface area (Å²) >= 11 is 1.50. The van der Waals surface area contributed by atoms with Gasteiger partial charge in [0.2, 0.25) is 0 Å². The van der Waals surface area contributed by atoms with Gasteiger partial charge in [0, 0.05) is 24.9 Å². The minimum atomic E-state index is -0.0629. The molecule has 3 aromatic rings. The van der Waals surface area contributed by atoms with Crippen molar-refractivity contribution in [1.29, 1.82) is 0 Å². The van der Waals surface area contributed by atoms with Crippen LogP contribution in [0.2, 0.25) is 0 Å². The number of aromatic nitrogens is 5. The fraction of sp³-hybridized carbons (Fsp3) is 0.529. The molecule has 1 aliphatic heterocycles. The average Bonchev–Trinajstić information content (AvgIpc) is 3.29. The van der Waals surface area contributed by atoms with Crippen molar-refractivity contribution in [2.75, 3.05) is 0 Å². The van der Waals surface area contributed by atoms with E-state index < -0.39 is 0 Å². The number of carbonyl (C=O) groups is 1. The van der Waals surface area contributed by atoms with Gasteiger partial charge in [0.25, 0.3) is 5.91 Å². The summed E-state index contributed by atoms with van der Waals surface area (Å²) in [5.41, 5.74) is 0.973. The molecule has 0 aliphatic carbocycles. The lowest BCUT2D eigenvalue weighted by Crippen LogP contribution is -2.23. The van der Waals surface area contributed by atoms with E-state index in [4.69, 9.17) is 0 Å². The summed E-state index contributed by atoms with van der Waals surface area (Å²) in [6, 6.07) is 1.95. The predicted molar refractivity (Wildman–Crippen MR) is 96.7 cm³/mol. The van der Waals surface area contributed by atoms with Crippen LogP contribution in [0.25, 0.3) is 10.2 Å². The lowest BCUT2D eigenvalue weighted by molar-refractivity contribution is 0.0953. The van der Waals surface area contributed by atoms with Crippen LogP contribution in [0, 0.1) is 12.8 Å². The molecular weight excluding hydrogens is 336 g/mol. The van der Waals surface area contributed by atoms with Gasteiger partial charge < -0.3 is 9.88 Å². The van der Waals surface area contributed by atoms with Crippen molar-refractivity contribution >= 4 is 27.5 Å². The maximum absolute atomic E-state index is 12.6. The summed E-state index contributed by atoms with van der Waals surface area (Å²) in [6.07, 6.45) is 2.08. The molecule has 3 aromatic heterocycles. The highest BCUT2D eigenvalue weighted by molar-refractivity contribution is 7.20. The van der Waals surface area contributed by atoms with Crippen LogP contribution in [0.15, 0.2) is 6.07 Å². The highest BCUT2D eigenvalue weighted by atomic mass is 32.1. The summed E-state index contributed by atoms with van der Waals surface area (Å²) in [7, 11) is 0. The van der Waals surface area contributed by atoms with Gasteiger partial charge in [0.1, 0.15) is 10.7 Å². The minimum absolute atomic E-state index is 0.0629. The molecule has 132 valence electrons. The zero-order valence-electron chi connectivity index (χ0n) is 14.7. The number of carbonyl (C=O) groups excluding carboxylic acids is 1. The monoisotopic (exact) mass is 358 g/mol. The van der Waals surface area contributed by atoms with Crippen LogP contribution in [-0.4, -0.2) is 30.5 Å². The van der Waals surface area contributed by atoms with E-state index >= 15 is 0 Å². The summed E-state index contributed by atoms with van der Waals surface area (Å²) in [5.74, 6) is 2.31. The molecule has 0 unspecified atom stereocenters. The molecule has 0 saturated carbocycles. The summed E-state index contributed by atoms with van der Waals surface area (Å²) in [6.45, 7) is 8.55. The second-order valence-corrected chi connectivity index (χ2v) is 7.99. The molecule has 1 N–H and O–H groups in total. The number of aryl methyl sites for hydroxylation is 2. The van der Waals surface area contributed by atoms with Crippen LogP contribution in [0.1, 0.15) is 47.3 Å². The first-order chi connectivity index (χ1) is 12.0. The van der Waals surface area contributed by atoms with E-state index in [2.05, 4.69) is 39.0 Å². The van der Waals surface area contributed by atoms with Crippen LogP contribution in [0.4, 0.5) is 0 Å². The fourth-order valence-corrected chi connectivity index (χ4v) is 4.37. The Morgan fingerprint density at radius 3 is 3.04 bits per heavy atom. The van der Waals surface area contributed by atoms with Crippen LogP contribution >= 0.6 is 11.3 Å². The smallest absolute Gasteiger partial charge is 0.261 e. The Labute approximate surface area is 150 Å². The number of nitrogens with one attached hydrogen (secondary N) is 1. The molecular formula is C17H22N6OS. The number of hydrogen-bond acceptors (Lipinski definition) is 5. The molecule has 4 heterocycles. The fourth-order valence-electron chi connectivity index (χ4n) is 3.28. The van der Waals surface area contributed by atoms with Crippen LogP contribution in [0.3, 0.4) is 0 Å². The number of nitrogens with zero attached hydrogens (tertiary/aromatic N) is 5. The third-order valence-electron chi connectivity index (χ3n) is 4.46. The van der Waals surface area contributed by atoms with Gasteiger partial charge in [-0.05, 0) is 25.3 Å². The quantitative estimate of drug-likeness (QED) is 0.760. The van der Waals surface area contributed by atoms with Crippen LogP contribution in [0.5, 0.6) is 0 Å². The highest BCUT2D eigenvalue weighted by Gasteiger charge is 2.19. The van der Waals surface area contributed by atoms with Crippen molar-refractivity contribution in [2.45, 2.75) is 53.2 Å². The first kappa shape index (κ1) is 16.3. The first-order valence-electron chi connectivity index (χ1n) is 8.69. The van der Waals surface area contributed by atoms with Gasteiger partial charge in [-0.15, -0.1) is 21.5 Å². The van der Waals surface area contributed by atoms with Gasteiger partial charge in [0.15, 0.2) is 5.82 Å². The number of hydrogen-bond donors (Lipinski definition) is 1. The van der Waals surface area contributed by atoms with Crippen molar-refractivity contribution in [1.82, 2.24) is 29.9 Å². The molecule has 0 spiro atoms. The van der Waals surface area contributed by atoms with Crippen molar-refractivity contribution < 1.29 is 4.79 Å². The third kappa shape index (κ3) is 2.95. The maximum atomic E-state index is 12.6. The van der Waals surface area contributed by atoms with Gasteiger partial charge in [-0.2, -0.15) is 5.10 Å². The van der Waals surface area contributed by atoms with Crippen molar-refractivity contribution in [2.24, 2.45) is 5.92 Å². The highest BCUT2D eigenvalue weighted by Crippen LogP contribution is 2.29. The summed E-state index contributed by atoms with van der Waals surface area (Å²) in [5, 5.41) is 17.0. The molecule has 1 amide bonds. The van der Waals surface area contributed by atoms with Crippen LogP contribution < -0.4 is 5.32 Å². The molecule has 25 heavy (non-hydrogen) atoms. The number of rotatable bonds is 5. The number of thiophene rings is 1. The van der Waals surface area contributed by atoms with Crippen molar-refractivity contribution in [3.63, 3.8) is 0 Å². The Morgan fingerprint density at radius 1 is 1.40 bits per heavy atom. The molecule has 7 nitrogen and oxygen atoms in total. The van der Waals surface area contributed by atoms with Crippen LogP contribution in [-0.2, 0) is 26.1 Å². The molecule has 1 aliphatic rings. The molecule has 0 saturated heterocycles. The Balaban J connectivity index is 1.51. The van der Waals surface area contributed by atoms with E-state index in [1.54, 1.807) is 0 Å². The Kier molecular flexibility index (Phi) is 4.07. The summed E-state index contributed by atoms with van der Waals surface area (Å²) in [4.78, 5) is 14.4. The number of amides is 1. The maximum Gasteiger partial charge on any atom is 0.261 e. The first-order valence-corrected chi connectivity index (χ1v) is 9.50. The predicted octanol–water partition coefficient (Wildman–Crippen LogP) is 2.53. The molecule has 0 atom stereocenters. The Hall–Kier alpha value is -2.22. The lowest BCUT2D eigenvalue weighted by Gasteiger charge is -2.05. The average molecular weight is 358 g/mol. The topological polar surface area (TPSA) is 77.6 Å². The van der Waals surface area contributed by atoms with E-state index in [0.29, 0.717) is 17.3 Å². The molecule has 0 aromatic carbocycles. The van der Waals surface area contributed by atoms with E-state index in [0.717, 1.165) is 53.5 Å². The lowest BCUT2D eigenvalue weighted by atomic mass is 10.2. The van der Waals surface area contributed by atoms with Gasteiger partial charge in [-0.25, -0.2) is 0 Å². The van der Waals surface area contributed by atoms with Gasteiger partial charge in [-0.3, -0.25) is 9.48 Å². The van der Waals surface area contributed by atoms with Crippen molar-refractivity contribution in [3.8, 4) is 0 Å². The molecule has 0 radical (unpaired) electrons. The van der Waals surface area contributed by atoms with E-state index in [9.17, 15) is 4.79 Å². The second-order valence-electron chi connectivity index (χ2n) is 6.96. The molecule has 0 fully saturated rings. The molecule has 8 heteroatoms. The molecule has 4 rings (SSSR count). The van der Waals surface area contributed by atoms with E-state index in [1.165, 1.54) is 11.3 Å². The Bertz CT molecular complexity index is 935. The second kappa shape index (κ2) is 6.25. The molecule has 0 bridgehead atoms. The number of fused-ring (bicyclic) bond motifs is 2. The largest absolute Gasteiger partial charge is 0.344 e. The van der Waals surface area contributed by atoms with E-state index in [-0.39, 0.29) is 5.91 Å². The summed E-state index contributed by atoms with van der Waals surface area (Å²) < 4.78 is 4.12. The Morgan fingerprint density at radius 2 is 2.24 bits per heavy atom.